The molecule has 1 rings (SSSR count). The predicted molar refractivity (Wildman–Crippen MR) is 60.4 cm³/mol. The molecule has 1 amide bonds. The highest BCUT2D eigenvalue weighted by molar-refractivity contribution is 5.91. The molecular formula is C10H16N4O2. The van der Waals surface area contributed by atoms with Gasteiger partial charge in [-0.25, -0.2) is 4.68 Å². The summed E-state index contributed by atoms with van der Waals surface area (Å²) in [6.07, 6.45) is 0. The second-order valence-electron chi connectivity index (χ2n) is 3.74. The molecular weight excluding hydrogens is 208 g/mol. The van der Waals surface area contributed by atoms with E-state index in [2.05, 4.69) is 10.4 Å². The van der Waals surface area contributed by atoms with Crippen LogP contribution in [-0.2, 0) is 7.05 Å². The van der Waals surface area contributed by atoms with E-state index < -0.39 is 0 Å². The first-order valence-electron chi connectivity index (χ1n) is 4.98. The third-order valence-corrected chi connectivity index (χ3v) is 2.04. The number of carbonyl (C=O) groups excluding carboxylic acids is 1. The van der Waals surface area contributed by atoms with Crippen LogP contribution in [0, 0.1) is 0 Å². The number of likely N-dealkylation sites (N-methyl/N-ethyl adjacent to an activating group) is 1. The van der Waals surface area contributed by atoms with Gasteiger partial charge in [0.25, 0.3) is 11.5 Å². The number of aryl methyl sites for hydroxylation is 1. The van der Waals surface area contributed by atoms with Crippen LogP contribution in [-0.4, -0.2) is 47.8 Å². The number of hydrogen-bond acceptors (Lipinski definition) is 4. The zero-order valence-corrected chi connectivity index (χ0v) is 9.73. The molecule has 16 heavy (non-hydrogen) atoms. The number of carbonyl (C=O) groups is 1. The molecule has 0 bridgehead atoms. The van der Waals surface area contributed by atoms with Crippen molar-refractivity contribution in [2.45, 2.75) is 0 Å². The molecule has 0 aliphatic heterocycles. The maximum atomic E-state index is 11.6. The third kappa shape index (κ3) is 3.47. The van der Waals surface area contributed by atoms with Gasteiger partial charge < -0.3 is 10.2 Å². The van der Waals surface area contributed by atoms with Crippen molar-refractivity contribution in [1.82, 2.24) is 20.0 Å². The summed E-state index contributed by atoms with van der Waals surface area (Å²) in [6.45, 7) is 1.31. The number of hydrogen-bond donors (Lipinski definition) is 1. The summed E-state index contributed by atoms with van der Waals surface area (Å²) in [5, 5.41) is 6.57. The highest BCUT2D eigenvalue weighted by Gasteiger charge is 2.07. The maximum absolute atomic E-state index is 11.6. The van der Waals surface area contributed by atoms with Gasteiger partial charge in [0.1, 0.15) is 5.69 Å². The van der Waals surface area contributed by atoms with E-state index in [-0.39, 0.29) is 17.2 Å². The minimum atomic E-state index is -0.266. The molecule has 1 N–H and O–H groups in total. The Kier molecular flexibility index (Phi) is 4.19. The van der Waals surface area contributed by atoms with Gasteiger partial charge in [0.2, 0.25) is 0 Å². The minimum absolute atomic E-state index is 0.232. The summed E-state index contributed by atoms with van der Waals surface area (Å²) in [6, 6.07) is 2.75. The number of nitrogens with one attached hydrogen (secondary N) is 1. The number of amides is 1. The Morgan fingerprint density at radius 3 is 2.75 bits per heavy atom. The molecule has 6 nitrogen and oxygen atoms in total. The van der Waals surface area contributed by atoms with Crippen LogP contribution in [0.4, 0.5) is 0 Å². The molecule has 0 atom stereocenters. The first kappa shape index (κ1) is 12.4. The van der Waals surface area contributed by atoms with Gasteiger partial charge in [0.05, 0.1) is 0 Å². The van der Waals surface area contributed by atoms with Crippen LogP contribution >= 0.6 is 0 Å². The molecule has 0 unspecified atom stereocenters. The van der Waals surface area contributed by atoms with E-state index in [1.165, 1.54) is 19.2 Å². The summed E-state index contributed by atoms with van der Waals surface area (Å²) in [5.41, 5.74) is 0.0192. The standard InChI is InChI=1S/C10H16N4O2/c1-13(2)7-6-11-10(16)8-4-5-9(15)14(3)12-8/h4-5H,6-7H2,1-3H3,(H,11,16). The van der Waals surface area contributed by atoms with E-state index in [1.807, 2.05) is 19.0 Å². The third-order valence-electron chi connectivity index (χ3n) is 2.04. The van der Waals surface area contributed by atoms with Gasteiger partial charge in [-0.3, -0.25) is 9.59 Å². The molecule has 6 heteroatoms. The van der Waals surface area contributed by atoms with Crippen molar-refractivity contribution in [3.63, 3.8) is 0 Å². The smallest absolute Gasteiger partial charge is 0.271 e. The lowest BCUT2D eigenvalue weighted by Gasteiger charge is -2.10. The Morgan fingerprint density at radius 1 is 1.50 bits per heavy atom. The summed E-state index contributed by atoms with van der Waals surface area (Å²) >= 11 is 0. The molecule has 0 saturated heterocycles. The summed E-state index contributed by atoms with van der Waals surface area (Å²) < 4.78 is 1.14. The second kappa shape index (κ2) is 5.41. The first-order chi connectivity index (χ1) is 7.50. The highest BCUT2D eigenvalue weighted by atomic mass is 16.2. The highest BCUT2D eigenvalue weighted by Crippen LogP contribution is 1.89. The Hall–Kier alpha value is -1.69. The van der Waals surface area contributed by atoms with Gasteiger partial charge in [0.15, 0.2) is 0 Å². The zero-order chi connectivity index (χ0) is 12.1. The number of nitrogens with zero attached hydrogens (tertiary/aromatic N) is 3. The van der Waals surface area contributed by atoms with Crippen molar-refractivity contribution >= 4 is 5.91 Å². The monoisotopic (exact) mass is 224 g/mol. The first-order valence-corrected chi connectivity index (χ1v) is 4.98. The molecule has 1 aromatic heterocycles. The number of rotatable bonds is 4. The average Bonchev–Trinajstić information content (AvgIpc) is 2.21. The molecule has 0 aliphatic rings. The fraction of sp³-hybridized carbons (Fsp3) is 0.500. The lowest BCUT2D eigenvalue weighted by atomic mass is 10.3. The Balaban J connectivity index is 2.60. The van der Waals surface area contributed by atoms with Crippen LogP contribution in [0.5, 0.6) is 0 Å². The van der Waals surface area contributed by atoms with Crippen LogP contribution in [0.15, 0.2) is 16.9 Å². The molecule has 88 valence electrons. The van der Waals surface area contributed by atoms with Crippen LogP contribution in [0.3, 0.4) is 0 Å². The largest absolute Gasteiger partial charge is 0.349 e. The predicted octanol–water partition coefficient (Wildman–Crippen LogP) is -0.928. The van der Waals surface area contributed by atoms with E-state index in [1.54, 1.807) is 0 Å². The summed E-state index contributed by atoms with van der Waals surface area (Å²) in [4.78, 5) is 24.6. The fourth-order valence-corrected chi connectivity index (χ4v) is 1.11. The zero-order valence-electron chi connectivity index (χ0n) is 9.73. The van der Waals surface area contributed by atoms with Crippen molar-refractivity contribution in [2.75, 3.05) is 27.2 Å². The Morgan fingerprint density at radius 2 is 2.19 bits per heavy atom. The van der Waals surface area contributed by atoms with Gasteiger partial charge in [-0.2, -0.15) is 5.10 Å². The molecule has 0 aliphatic carbocycles. The van der Waals surface area contributed by atoms with Crippen molar-refractivity contribution in [2.24, 2.45) is 7.05 Å². The molecule has 0 fully saturated rings. The SMILES string of the molecule is CN(C)CCNC(=O)c1ccc(=O)n(C)n1. The van der Waals surface area contributed by atoms with E-state index >= 15 is 0 Å². The topological polar surface area (TPSA) is 67.2 Å². The van der Waals surface area contributed by atoms with Crippen molar-refractivity contribution in [1.29, 1.82) is 0 Å². The van der Waals surface area contributed by atoms with Crippen molar-refractivity contribution in [3.05, 3.63) is 28.2 Å². The molecule has 0 spiro atoms. The quantitative estimate of drug-likeness (QED) is 0.717. The maximum Gasteiger partial charge on any atom is 0.271 e. The van der Waals surface area contributed by atoms with Gasteiger partial charge in [-0.1, -0.05) is 0 Å². The lowest BCUT2D eigenvalue weighted by Crippen LogP contribution is -2.33. The van der Waals surface area contributed by atoms with Crippen LogP contribution in [0.25, 0.3) is 0 Å². The molecule has 1 heterocycles. The van der Waals surface area contributed by atoms with E-state index in [9.17, 15) is 9.59 Å². The molecule has 0 aromatic carbocycles. The van der Waals surface area contributed by atoms with E-state index in [0.717, 1.165) is 11.2 Å². The van der Waals surface area contributed by atoms with Gasteiger partial charge in [-0.15, -0.1) is 0 Å². The fourth-order valence-electron chi connectivity index (χ4n) is 1.11. The van der Waals surface area contributed by atoms with Gasteiger partial charge in [-0.05, 0) is 20.2 Å². The van der Waals surface area contributed by atoms with Crippen LogP contribution in [0.2, 0.25) is 0 Å². The minimum Gasteiger partial charge on any atom is -0.349 e. The Labute approximate surface area is 93.9 Å². The van der Waals surface area contributed by atoms with Crippen LogP contribution < -0.4 is 10.9 Å². The van der Waals surface area contributed by atoms with Gasteiger partial charge in [0, 0.05) is 26.2 Å². The van der Waals surface area contributed by atoms with E-state index in [4.69, 9.17) is 0 Å². The van der Waals surface area contributed by atoms with E-state index in [0.29, 0.717) is 6.54 Å². The summed E-state index contributed by atoms with van der Waals surface area (Å²) in [5.74, 6) is -0.266. The molecule has 0 radical (unpaired) electrons. The van der Waals surface area contributed by atoms with Crippen molar-refractivity contribution < 1.29 is 4.79 Å². The summed E-state index contributed by atoms with van der Waals surface area (Å²) in [7, 11) is 5.37. The average molecular weight is 224 g/mol. The van der Waals surface area contributed by atoms with Crippen molar-refractivity contribution in [3.8, 4) is 0 Å². The number of aromatic nitrogens is 2. The van der Waals surface area contributed by atoms with Crippen LogP contribution in [0.1, 0.15) is 10.5 Å². The lowest BCUT2D eigenvalue weighted by molar-refractivity contribution is 0.0943. The molecule has 0 saturated carbocycles. The Bertz CT molecular complexity index is 425. The molecule has 1 aromatic rings. The van der Waals surface area contributed by atoms with Gasteiger partial charge >= 0.3 is 0 Å². The normalized spacial score (nSPS) is 10.5. The second-order valence-corrected chi connectivity index (χ2v) is 3.74.